The van der Waals surface area contributed by atoms with Crippen LogP contribution in [0.15, 0.2) is 108 Å². The largest absolute Gasteiger partial charge is 0.354 e. The van der Waals surface area contributed by atoms with Crippen molar-refractivity contribution in [1.82, 2.24) is 14.8 Å². The first kappa shape index (κ1) is 33.3. The number of aromatic nitrogens is 1. The number of halogens is 1. The molecule has 2 aliphatic rings. The fourth-order valence-corrected chi connectivity index (χ4v) is 7.68. The molecule has 7 rings (SSSR count). The van der Waals surface area contributed by atoms with Gasteiger partial charge in [0, 0.05) is 35.4 Å². The Labute approximate surface area is 299 Å². The molecule has 2 atom stereocenters. The van der Waals surface area contributed by atoms with E-state index < -0.39 is 12.1 Å². The van der Waals surface area contributed by atoms with Crippen LogP contribution in [0.3, 0.4) is 0 Å². The summed E-state index contributed by atoms with van der Waals surface area (Å²) in [6.07, 6.45) is 3.42. The molecule has 254 valence electrons. The summed E-state index contributed by atoms with van der Waals surface area (Å²) in [7, 11) is 0. The van der Waals surface area contributed by atoms with Crippen molar-refractivity contribution >= 4 is 61.8 Å². The molecule has 9 nitrogen and oxygen atoms in total. The zero-order valence-electron chi connectivity index (χ0n) is 27.5. The van der Waals surface area contributed by atoms with Crippen LogP contribution in [0.25, 0.3) is 22.2 Å². The number of nitrogens with one attached hydrogen (secondary N) is 3. The van der Waals surface area contributed by atoms with Crippen molar-refractivity contribution in [3.8, 4) is 11.3 Å². The number of anilines is 2. The predicted octanol–water partition coefficient (Wildman–Crippen LogP) is 6.94. The number of nitrogens with zero attached hydrogens (tertiary/aromatic N) is 2. The number of H-pyrrole nitrogens is 1. The summed E-state index contributed by atoms with van der Waals surface area (Å²) in [5, 5.41) is 6.95. The molecule has 0 bridgehead atoms. The highest BCUT2D eigenvalue weighted by Crippen LogP contribution is 2.37. The SMILES string of the molecule is O=C(Nc1ccc(-c2[nH]c3ccc(NC(=O)[C@@H]4CCCN4C(=O)Cc4ccccc4)cc3c2Br)cc1)[C@@H]1CCCN1C(=O)Cc1ccccc1. The van der Waals surface area contributed by atoms with E-state index in [0.717, 1.165) is 50.6 Å². The quantitative estimate of drug-likeness (QED) is 0.152. The lowest BCUT2D eigenvalue weighted by atomic mass is 10.1. The van der Waals surface area contributed by atoms with Crippen LogP contribution in [0.2, 0.25) is 0 Å². The van der Waals surface area contributed by atoms with Crippen molar-refractivity contribution < 1.29 is 19.2 Å². The number of amides is 4. The van der Waals surface area contributed by atoms with Crippen LogP contribution >= 0.6 is 15.9 Å². The van der Waals surface area contributed by atoms with Crippen molar-refractivity contribution in [2.75, 3.05) is 23.7 Å². The Morgan fingerprint density at radius 1 is 0.660 bits per heavy atom. The van der Waals surface area contributed by atoms with Crippen molar-refractivity contribution in [3.05, 3.63) is 119 Å². The summed E-state index contributed by atoms with van der Waals surface area (Å²) >= 11 is 3.76. The van der Waals surface area contributed by atoms with Gasteiger partial charge < -0.3 is 25.4 Å². The van der Waals surface area contributed by atoms with Gasteiger partial charge in [-0.15, -0.1) is 0 Å². The minimum absolute atomic E-state index is 0.0370. The normalized spacial score (nSPS) is 17.2. The third kappa shape index (κ3) is 7.21. The van der Waals surface area contributed by atoms with Gasteiger partial charge in [-0.3, -0.25) is 19.2 Å². The van der Waals surface area contributed by atoms with Crippen molar-refractivity contribution in [1.29, 1.82) is 0 Å². The Balaban J connectivity index is 0.991. The minimum atomic E-state index is -0.502. The summed E-state index contributed by atoms with van der Waals surface area (Å²) in [6.45, 7) is 1.15. The summed E-state index contributed by atoms with van der Waals surface area (Å²) in [5.41, 5.74) is 5.85. The highest BCUT2D eigenvalue weighted by Gasteiger charge is 2.35. The van der Waals surface area contributed by atoms with Gasteiger partial charge in [-0.05, 0) is 88.6 Å². The summed E-state index contributed by atoms with van der Waals surface area (Å²) in [5.74, 6) is -0.444. The van der Waals surface area contributed by atoms with Crippen LogP contribution in [-0.2, 0) is 32.0 Å². The molecule has 3 N–H and O–H groups in total. The summed E-state index contributed by atoms with van der Waals surface area (Å²) in [4.78, 5) is 59.6. The first-order chi connectivity index (χ1) is 24.3. The third-order valence-corrected chi connectivity index (χ3v) is 10.4. The number of hydrogen-bond donors (Lipinski definition) is 3. The van der Waals surface area contributed by atoms with Crippen LogP contribution in [0.1, 0.15) is 36.8 Å². The minimum Gasteiger partial charge on any atom is -0.354 e. The third-order valence-electron chi connectivity index (χ3n) is 9.59. The van der Waals surface area contributed by atoms with Gasteiger partial charge in [-0.1, -0.05) is 72.8 Å². The molecule has 10 heteroatoms. The van der Waals surface area contributed by atoms with E-state index in [0.29, 0.717) is 37.3 Å². The molecule has 5 aromatic rings. The standard InChI is InChI=1S/C40H38BrN5O4/c41-37-31-25-30(43-40(50)34-14-8-22-46(34)36(48)24-27-11-5-2-6-12-27)19-20-32(31)44-38(37)28-15-17-29(18-16-28)42-39(49)33-13-7-21-45(33)35(47)23-26-9-3-1-4-10-26/h1-6,9-12,15-20,25,33-34,44H,7-8,13-14,21-24H2,(H,42,49)(H,43,50)/t33-,34-/m0/s1. The van der Waals surface area contributed by atoms with Gasteiger partial charge in [0.15, 0.2) is 0 Å². The van der Waals surface area contributed by atoms with Gasteiger partial charge in [0.1, 0.15) is 12.1 Å². The first-order valence-corrected chi connectivity index (χ1v) is 17.8. The van der Waals surface area contributed by atoms with E-state index in [1.54, 1.807) is 9.80 Å². The van der Waals surface area contributed by atoms with Crippen molar-refractivity contribution in [2.24, 2.45) is 0 Å². The number of benzene rings is 4. The van der Waals surface area contributed by atoms with Crippen LogP contribution < -0.4 is 10.6 Å². The smallest absolute Gasteiger partial charge is 0.247 e. The Bertz CT molecular complexity index is 2030. The van der Waals surface area contributed by atoms with Gasteiger partial charge in [-0.2, -0.15) is 0 Å². The second kappa shape index (κ2) is 14.7. The van der Waals surface area contributed by atoms with E-state index in [4.69, 9.17) is 0 Å². The van der Waals surface area contributed by atoms with Crippen LogP contribution in [0, 0.1) is 0 Å². The maximum absolute atomic E-state index is 13.4. The molecule has 4 amide bonds. The summed E-state index contributed by atoms with van der Waals surface area (Å²) in [6, 6.07) is 31.5. The number of fused-ring (bicyclic) bond motifs is 1. The van der Waals surface area contributed by atoms with Gasteiger partial charge in [0.05, 0.1) is 23.0 Å². The fourth-order valence-electron chi connectivity index (χ4n) is 7.03. The molecule has 0 spiro atoms. The van der Waals surface area contributed by atoms with E-state index in [-0.39, 0.29) is 36.5 Å². The molecular formula is C40H38BrN5O4. The number of aromatic amines is 1. The molecule has 0 unspecified atom stereocenters. The molecule has 0 saturated carbocycles. The Morgan fingerprint density at radius 2 is 1.16 bits per heavy atom. The second-order valence-corrected chi connectivity index (χ2v) is 13.7. The molecular weight excluding hydrogens is 694 g/mol. The zero-order chi connectivity index (χ0) is 34.6. The molecule has 50 heavy (non-hydrogen) atoms. The average Bonchev–Trinajstić information content (AvgIpc) is 3.89. The van der Waals surface area contributed by atoms with Crippen LogP contribution in [0.4, 0.5) is 11.4 Å². The summed E-state index contributed by atoms with van der Waals surface area (Å²) < 4.78 is 0.847. The second-order valence-electron chi connectivity index (χ2n) is 12.9. The molecule has 0 radical (unpaired) electrons. The van der Waals surface area contributed by atoms with Crippen LogP contribution in [-0.4, -0.2) is 63.6 Å². The Hall–Kier alpha value is -5.22. The first-order valence-electron chi connectivity index (χ1n) is 17.0. The van der Waals surface area contributed by atoms with Crippen molar-refractivity contribution in [3.63, 3.8) is 0 Å². The van der Waals surface area contributed by atoms with E-state index in [2.05, 4.69) is 31.5 Å². The molecule has 1 aromatic heterocycles. The lowest BCUT2D eigenvalue weighted by Gasteiger charge is -2.24. The van der Waals surface area contributed by atoms with Gasteiger partial charge in [-0.25, -0.2) is 0 Å². The predicted molar refractivity (Wildman–Crippen MR) is 198 cm³/mol. The van der Waals surface area contributed by atoms with E-state index in [9.17, 15) is 19.2 Å². The maximum atomic E-state index is 13.4. The topological polar surface area (TPSA) is 115 Å². The van der Waals surface area contributed by atoms with E-state index >= 15 is 0 Å². The molecule has 2 aliphatic heterocycles. The number of carbonyl (C=O) groups is 4. The van der Waals surface area contributed by atoms with Crippen molar-refractivity contribution in [2.45, 2.75) is 50.6 Å². The maximum Gasteiger partial charge on any atom is 0.247 e. The average molecular weight is 733 g/mol. The number of carbonyl (C=O) groups excluding carboxylic acids is 4. The lowest BCUT2D eigenvalue weighted by molar-refractivity contribution is -0.136. The molecule has 3 heterocycles. The Kier molecular flexibility index (Phi) is 9.80. The van der Waals surface area contributed by atoms with E-state index in [1.807, 2.05) is 103 Å². The molecule has 4 aromatic carbocycles. The number of rotatable bonds is 9. The number of hydrogen-bond acceptors (Lipinski definition) is 4. The molecule has 0 aliphatic carbocycles. The van der Waals surface area contributed by atoms with Gasteiger partial charge >= 0.3 is 0 Å². The molecule has 2 fully saturated rings. The fraction of sp³-hybridized carbons (Fsp3) is 0.250. The Morgan fingerprint density at radius 3 is 1.70 bits per heavy atom. The highest BCUT2D eigenvalue weighted by molar-refractivity contribution is 9.10. The lowest BCUT2D eigenvalue weighted by Crippen LogP contribution is -2.43. The monoisotopic (exact) mass is 731 g/mol. The van der Waals surface area contributed by atoms with Gasteiger partial charge in [0.2, 0.25) is 23.6 Å². The van der Waals surface area contributed by atoms with Crippen LogP contribution in [0.5, 0.6) is 0 Å². The highest BCUT2D eigenvalue weighted by atomic mass is 79.9. The zero-order valence-corrected chi connectivity index (χ0v) is 29.1. The number of likely N-dealkylation sites (tertiary alicyclic amines) is 2. The van der Waals surface area contributed by atoms with E-state index in [1.165, 1.54) is 0 Å². The van der Waals surface area contributed by atoms with Gasteiger partial charge in [0.25, 0.3) is 0 Å². The molecule has 2 saturated heterocycles.